The molecule has 2 fully saturated rings. The molecule has 0 N–H and O–H groups in total. The molecular weight excluding hydrogens is 202 g/mol. The molecule has 0 aromatic heterocycles. The zero-order valence-electron chi connectivity index (χ0n) is 10.4. The molecule has 3 heteroatoms. The summed E-state index contributed by atoms with van der Waals surface area (Å²) in [5.41, 5.74) is 0. The summed E-state index contributed by atoms with van der Waals surface area (Å²) in [7, 11) is 1.61. The third-order valence-corrected chi connectivity index (χ3v) is 4.23. The molecule has 0 unspecified atom stereocenters. The van der Waals surface area contributed by atoms with E-state index in [1.165, 1.54) is 38.5 Å². The predicted molar refractivity (Wildman–Crippen MR) is 63.2 cm³/mol. The number of methoxy groups -OCH3 is 1. The van der Waals surface area contributed by atoms with Gasteiger partial charge in [0.1, 0.15) is 6.10 Å². The Morgan fingerprint density at radius 1 is 1.25 bits per heavy atom. The zero-order chi connectivity index (χ0) is 11.5. The molecule has 16 heavy (non-hydrogen) atoms. The summed E-state index contributed by atoms with van der Waals surface area (Å²) >= 11 is 0. The van der Waals surface area contributed by atoms with Crippen LogP contribution in [0.5, 0.6) is 0 Å². The van der Waals surface area contributed by atoms with Crippen molar-refractivity contribution in [3.05, 3.63) is 0 Å². The van der Waals surface area contributed by atoms with E-state index in [1.807, 2.05) is 6.92 Å². The number of likely N-dealkylation sites (tertiary alicyclic amines) is 1. The maximum absolute atomic E-state index is 12.1. The van der Waals surface area contributed by atoms with Gasteiger partial charge in [-0.3, -0.25) is 4.79 Å². The molecule has 1 saturated heterocycles. The van der Waals surface area contributed by atoms with E-state index in [0.717, 1.165) is 12.5 Å². The Balaban J connectivity index is 1.99. The van der Waals surface area contributed by atoms with E-state index >= 15 is 0 Å². The maximum atomic E-state index is 12.1. The lowest BCUT2D eigenvalue weighted by Crippen LogP contribution is -2.44. The minimum atomic E-state index is -0.276. The number of hydrogen-bond donors (Lipinski definition) is 0. The van der Waals surface area contributed by atoms with Crippen LogP contribution in [0.2, 0.25) is 0 Å². The Hall–Kier alpha value is -0.570. The van der Waals surface area contributed by atoms with Gasteiger partial charge in [-0.25, -0.2) is 0 Å². The second kappa shape index (κ2) is 5.17. The fraction of sp³-hybridized carbons (Fsp3) is 0.923. The minimum absolute atomic E-state index is 0.192. The van der Waals surface area contributed by atoms with Gasteiger partial charge in [-0.2, -0.15) is 0 Å². The van der Waals surface area contributed by atoms with Gasteiger partial charge >= 0.3 is 0 Å². The van der Waals surface area contributed by atoms with Gasteiger partial charge < -0.3 is 9.64 Å². The molecule has 2 rings (SSSR count). The highest BCUT2D eigenvalue weighted by Gasteiger charge is 2.37. The van der Waals surface area contributed by atoms with Crippen LogP contribution in [-0.2, 0) is 9.53 Å². The molecule has 0 aromatic carbocycles. The van der Waals surface area contributed by atoms with E-state index in [0.29, 0.717) is 6.04 Å². The Morgan fingerprint density at radius 2 is 1.94 bits per heavy atom. The number of ether oxygens (including phenoxy) is 1. The fourth-order valence-electron chi connectivity index (χ4n) is 3.23. The molecule has 1 amide bonds. The van der Waals surface area contributed by atoms with Gasteiger partial charge in [0.15, 0.2) is 0 Å². The van der Waals surface area contributed by atoms with Crippen molar-refractivity contribution in [2.45, 2.75) is 57.6 Å². The third-order valence-electron chi connectivity index (χ3n) is 4.23. The van der Waals surface area contributed by atoms with Gasteiger partial charge in [0.2, 0.25) is 0 Å². The average Bonchev–Trinajstić information content (AvgIpc) is 2.95. The number of carbonyl (C=O) groups is 1. The van der Waals surface area contributed by atoms with Gasteiger partial charge in [0.25, 0.3) is 5.91 Å². The first-order valence-electron chi connectivity index (χ1n) is 6.57. The quantitative estimate of drug-likeness (QED) is 0.737. The maximum Gasteiger partial charge on any atom is 0.251 e. The molecule has 3 nitrogen and oxygen atoms in total. The SMILES string of the molecule is CO[C@@H](C)C(=O)N1CCC[C@H]1C1CCCC1. The van der Waals surface area contributed by atoms with Crippen LogP contribution in [0.3, 0.4) is 0 Å². The second-order valence-corrected chi connectivity index (χ2v) is 5.16. The summed E-state index contributed by atoms with van der Waals surface area (Å²) in [5, 5.41) is 0. The molecule has 0 aromatic rings. The predicted octanol–water partition coefficient (Wildman–Crippen LogP) is 2.20. The molecule has 0 spiro atoms. The van der Waals surface area contributed by atoms with Crippen molar-refractivity contribution in [1.82, 2.24) is 4.90 Å². The number of amides is 1. The summed E-state index contributed by atoms with van der Waals surface area (Å²) in [5.74, 6) is 0.951. The summed E-state index contributed by atoms with van der Waals surface area (Å²) in [4.78, 5) is 14.2. The van der Waals surface area contributed by atoms with E-state index in [2.05, 4.69) is 4.90 Å². The first-order valence-corrected chi connectivity index (χ1v) is 6.57. The lowest BCUT2D eigenvalue weighted by molar-refractivity contribution is -0.142. The number of carbonyl (C=O) groups excluding carboxylic acids is 1. The first-order chi connectivity index (χ1) is 7.74. The monoisotopic (exact) mass is 225 g/mol. The molecule has 0 bridgehead atoms. The van der Waals surface area contributed by atoms with Crippen LogP contribution in [0, 0.1) is 5.92 Å². The molecule has 92 valence electrons. The van der Waals surface area contributed by atoms with Crippen LogP contribution < -0.4 is 0 Å². The van der Waals surface area contributed by atoms with E-state index < -0.39 is 0 Å². The third kappa shape index (κ3) is 2.24. The van der Waals surface area contributed by atoms with Crippen LogP contribution in [-0.4, -0.2) is 36.6 Å². The summed E-state index contributed by atoms with van der Waals surface area (Å²) < 4.78 is 5.14. The summed E-state index contributed by atoms with van der Waals surface area (Å²) in [6.45, 7) is 2.79. The first kappa shape index (κ1) is 11.9. The summed E-state index contributed by atoms with van der Waals surface area (Å²) in [6.07, 6.45) is 7.43. The second-order valence-electron chi connectivity index (χ2n) is 5.16. The smallest absolute Gasteiger partial charge is 0.251 e. The van der Waals surface area contributed by atoms with Crippen LogP contribution >= 0.6 is 0 Å². The van der Waals surface area contributed by atoms with E-state index in [1.54, 1.807) is 7.11 Å². The lowest BCUT2D eigenvalue weighted by Gasteiger charge is -2.31. The molecule has 1 heterocycles. The molecule has 2 aliphatic rings. The van der Waals surface area contributed by atoms with Gasteiger partial charge in [-0.15, -0.1) is 0 Å². The Kier molecular flexibility index (Phi) is 3.85. The van der Waals surface area contributed by atoms with Crippen molar-refractivity contribution < 1.29 is 9.53 Å². The standard InChI is InChI=1S/C13H23NO2/c1-10(16-2)13(15)14-9-5-8-12(14)11-6-3-4-7-11/h10-12H,3-9H2,1-2H3/t10-,12-/m0/s1. The average molecular weight is 225 g/mol. The number of rotatable bonds is 3. The minimum Gasteiger partial charge on any atom is -0.372 e. The molecule has 1 aliphatic carbocycles. The number of nitrogens with zero attached hydrogens (tertiary/aromatic N) is 1. The van der Waals surface area contributed by atoms with Crippen molar-refractivity contribution in [3.63, 3.8) is 0 Å². The van der Waals surface area contributed by atoms with Crippen LogP contribution in [0.15, 0.2) is 0 Å². The number of hydrogen-bond acceptors (Lipinski definition) is 2. The fourth-order valence-corrected chi connectivity index (χ4v) is 3.23. The highest BCUT2D eigenvalue weighted by molar-refractivity contribution is 5.81. The highest BCUT2D eigenvalue weighted by atomic mass is 16.5. The van der Waals surface area contributed by atoms with E-state index in [-0.39, 0.29) is 12.0 Å². The Bertz CT molecular complexity index is 248. The summed E-state index contributed by atoms with van der Waals surface area (Å²) in [6, 6.07) is 0.507. The van der Waals surface area contributed by atoms with Gasteiger partial charge in [-0.05, 0) is 38.5 Å². The van der Waals surface area contributed by atoms with Crippen molar-refractivity contribution in [2.24, 2.45) is 5.92 Å². The highest BCUT2D eigenvalue weighted by Crippen LogP contribution is 2.35. The van der Waals surface area contributed by atoms with Crippen molar-refractivity contribution in [2.75, 3.05) is 13.7 Å². The van der Waals surface area contributed by atoms with Gasteiger partial charge in [0.05, 0.1) is 0 Å². The van der Waals surface area contributed by atoms with Crippen LogP contribution in [0.1, 0.15) is 45.4 Å². The van der Waals surface area contributed by atoms with Gasteiger partial charge in [-0.1, -0.05) is 12.8 Å². The van der Waals surface area contributed by atoms with E-state index in [9.17, 15) is 4.79 Å². The zero-order valence-corrected chi connectivity index (χ0v) is 10.4. The Morgan fingerprint density at radius 3 is 2.56 bits per heavy atom. The van der Waals surface area contributed by atoms with Crippen molar-refractivity contribution >= 4 is 5.91 Å². The normalized spacial score (nSPS) is 28.6. The van der Waals surface area contributed by atoms with E-state index in [4.69, 9.17) is 4.74 Å². The van der Waals surface area contributed by atoms with Crippen LogP contribution in [0.25, 0.3) is 0 Å². The lowest BCUT2D eigenvalue weighted by atomic mass is 9.96. The molecule has 2 atom stereocenters. The molecule has 0 radical (unpaired) electrons. The topological polar surface area (TPSA) is 29.5 Å². The largest absolute Gasteiger partial charge is 0.372 e. The van der Waals surface area contributed by atoms with Crippen molar-refractivity contribution in [1.29, 1.82) is 0 Å². The molecule has 1 saturated carbocycles. The molecule has 1 aliphatic heterocycles. The van der Waals surface area contributed by atoms with Gasteiger partial charge in [0, 0.05) is 19.7 Å². The Labute approximate surface area is 98.1 Å². The van der Waals surface area contributed by atoms with Crippen LogP contribution in [0.4, 0.5) is 0 Å². The molecular formula is C13H23NO2. The van der Waals surface area contributed by atoms with Crippen molar-refractivity contribution in [3.8, 4) is 0 Å².